The summed E-state index contributed by atoms with van der Waals surface area (Å²) >= 11 is 0. The van der Waals surface area contributed by atoms with Gasteiger partial charge in [-0.05, 0) is 38.7 Å². The lowest BCUT2D eigenvalue weighted by Gasteiger charge is -2.30. The van der Waals surface area contributed by atoms with Gasteiger partial charge in [0.05, 0.1) is 0 Å². The molecule has 1 aromatic rings. The molecular formula is C15H22F2N2O. The van der Waals surface area contributed by atoms with Crippen molar-refractivity contribution in [3.63, 3.8) is 0 Å². The first-order valence-electron chi connectivity index (χ1n) is 7.11. The molecule has 0 bridgehead atoms. The topological polar surface area (TPSA) is 47.3 Å². The van der Waals surface area contributed by atoms with Crippen molar-refractivity contribution in [3.05, 3.63) is 29.8 Å². The van der Waals surface area contributed by atoms with Crippen molar-refractivity contribution >= 4 is 0 Å². The number of nitrogens with two attached hydrogens (primary N) is 1. The third-order valence-corrected chi connectivity index (χ3v) is 3.86. The molecular weight excluding hydrogens is 262 g/mol. The van der Waals surface area contributed by atoms with Gasteiger partial charge in [-0.1, -0.05) is 18.2 Å². The second-order valence-electron chi connectivity index (χ2n) is 5.42. The van der Waals surface area contributed by atoms with E-state index in [4.69, 9.17) is 5.73 Å². The molecule has 1 aliphatic carbocycles. The molecule has 1 unspecified atom stereocenters. The minimum Gasteiger partial charge on any atom is -0.434 e. The average molecular weight is 284 g/mol. The van der Waals surface area contributed by atoms with Crippen LogP contribution in [0.3, 0.4) is 0 Å². The van der Waals surface area contributed by atoms with Crippen molar-refractivity contribution in [2.24, 2.45) is 5.73 Å². The molecule has 0 saturated heterocycles. The van der Waals surface area contributed by atoms with Gasteiger partial charge in [-0.25, -0.2) is 0 Å². The predicted octanol–water partition coefficient (Wildman–Crippen LogP) is 3.21. The van der Waals surface area contributed by atoms with Gasteiger partial charge in [-0.15, -0.1) is 0 Å². The minimum absolute atomic E-state index is 0.0238. The predicted molar refractivity (Wildman–Crippen MR) is 74.9 cm³/mol. The van der Waals surface area contributed by atoms with Gasteiger partial charge in [0.25, 0.3) is 0 Å². The Balaban J connectivity index is 1.99. The van der Waals surface area contributed by atoms with Crippen LogP contribution in [0.5, 0.6) is 5.75 Å². The largest absolute Gasteiger partial charge is 0.434 e. The second-order valence-corrected chi connectivity index (χ2v) is 5.42. The molecule has 20 heavy (non-hydrogen) atoms. The highest BCUT2D eigenvalue weighted by Crippen LogP contribution is 2.28. The van der Waals surface area contributed by atoms with Gasteiger partial charge in [-0.3, -0.25) is 0 Å². The van der Waals surface area contributed by atoms with Crippen molar-refractivity contribution in [1.29, 1.82) is 0 Å². The fourth-order valence-corrected chi connectivity index (χ4v) is 2.77. The Morgan fingerprint density at radius 1 is 1.20 bits per heavy atom. The Hall–Kier alpha value is -1.20. The van der Waals surface area contributed by atoms with Crippen LogP contribution in [0.15, 0.2) is 24.3 Å². The molecule has 0 radical (unpaired) electrons. The molecule has 1 saturated carbocycles. The van der Waals surface area contributed by atoms with E-state index in [9.17, 15) is 8.78 Å². The fourth-order valence-electron chi connectivity index (χ4n) is 2.77. The molecule has 3 nitrogen and oxygen atoms in total. The summed E-state index contributed by atoms with van der Waals surface area (Å²) in [5.74, 6) is 0.245. The number of nitrogens with one attached hydrogen (secondary N) is 1. The van der Waals surface area contributed by atoms with Crippen molar-refractivity contribution in [1.82, 2.24) is 5.32 Å². The standard InChI is InChI=1S/C15H22F2N2O/c1-10(19-12-8-6-11(18)7-9-12)13-4-2-3-5-14(13)20-15(16)17/h2-5,10-12,15,19H,6-9,18H2,1H3. The number of ether oxygens (including phenoxy) is 1. The lowest BCUT2D eigenvalue weighted by atomic mass is 9.91. The Morgan fingerprint density at radius 3 is 2.50 bits per heavy atom. The molecule has 1 atom stereocenters. The molecule has 0 aromatic heterocycles. The van der Waals surface area contributed by atoms with Gasteiger partial charge < -0.3 is 15.8 Å². The maximum atomic E-state index is 12.4. The minimum atomic E-state index is -2.80. The smallest absolute Gasteiger partial charge is 0.387 e. The van der Waals surface area contributed by atoms with Crippen LogP contribution in [0.1, 0.15) is 44.2 Å². The van der Waals surface area contributed by atoms with Crippen LogP contribution in [0.25, 0.3) is 0 Å². The molecule has 0 heterocycles. The van der Waals surface area contributed by atoms with Gasteiger partial charge in [0.1, 0.15) is 5.75 Å². The first kappa shape index (κ1) is 15.2. The summed E-state index contributed by atoms with van der Waals surface area (Å²) in [7, 11) is 0. The molecule has 0 aliphatic heterocycles. The summed E-state index contributed by atoms with van der Waals surface area (Å²) in [6.07, 6.45) is 4.09. The van der Waals surface area contributed by atoms with Crippen molar-refractivity contribution < 1.29 is 13.5 Å². The number of hydrogen-bond donors (Lipinski definition) is 2. The van der Waals surface area contributed by atoms with Gasteiger partial charge in [-0.2, -0.15) is 8.78 Å². The van der Waals surface area contributed by atoms with Crippen molar-refractivity contribution in [2.75, 3.05) is 0 Å². The van der Waals surface area contributed by atoms with E-state index >= 15 is 0 Å². The Bertz CT molecular complexity index is 420. The third-order valence-electron chi connectivity index (χ3n) is 3.86. The maximum absolute atomic E-state index is 12.4. The van der Waals surface area contributed by atoms with Gasteiger partial charge in [0, 0.05) is 23.7 Å². The van der Waals surface area contributed by atoms with E-state index in [0.29, 0.717) is 12.1 Å². The highest BCUT2D eigenvalue weighted by molar-refractivity contribution is 5.35. The molecule has 1 fully saturated rings. The number of halogens is 2. The van der Waals surface area contributed by atoms with Crippen LogP contribution >= 0.6 is 0 Å². The van der Waals surface area contributed by atoms with E-state index in [1.165, 1.54) is 0 Å². The highest BCUT2D eigenvalue weighted by atomic mass is 19.3. The van der Waals surface area contributed by atoms with Crippen molar-refractivity contribution in [3.8, 4) is 5.75 Å². The first-order chi connectivity index (χ1) is 9.56. The zero-order valence-electron chi connectivity index (χ0n) is 11.7. The number of hydrogen-bond acceptors (Lipinski definition) is 3. The van der Waals surface area contributed by atoms with Gasteiger partial charge in [0.15, 0.2) is 0 Å². The lowest BCUT2D eigenvalue weighted by Crippen LogP contribution is -2.38. The van der Waals surface area contributed by atoms with E-state index in [-0.39, 0.29) is 11.8 Å². The molecule has 112 valence electrons. The van der Waals surface area contributed by atoms with Gasteiger partial charge >= 0.3 is 6.61 Å². The van der Waals surface area contributed by atoms with Crippen LogP contribution in [0, 0.1) is 0 Å². The SMILES string of the molecule is CC(NC1CCC(N)CC1)c1ccccc1OC(F)F. The summed E-state index contributed by atoms with van der Waals surface area (Å²) in [6.45, 7) is -0.821. The molecule has 2 rings (SSSR count). The van der Waals surface area contributed by atoms with E-state index < -0.39 is 6.61 Å². The molecule has 5 heteroatoms. The van der Waals surface area contributed by atoms with Crippen LogP contribution in [-0.4, -0.2) is 18.7 Å². The Morgan fingerprint density at radius 2 is 1.85 bits per heavy atom. The third kappa shape index (κ3) is 4.15. The average Bonchev–Trinajstić information content (AvgIpc) is 2.41. The quantitative estimate of drug-likeness (QED) is 0.873. The van der Waals surface area contributed by atoms with E-state index in [1.54, 1.807) is 12.1 Å². The Kier molecular flexibility index (Phi) is 5.31. The van der Waals surface area contributed by atoms with Crippen LogP contribution in [-0.2, 0) is 0 Å². The summed E-state index contributed by atoms with van der Waals surface area (Å²) in [6, 6.07) is 7.61. The van der Waals surface area contributed by atoms with Crippen molar-refractivity contribution in [2.45, 2.75) is 57.3 Å². The summed E-state index contributed by atoms with van der Waals surface area (Å²) in [4.78, 5) is 0. The number of rotatable bonds is 5. The van der Waals surface area contributed by atoms with Crippen LogP contribution < -0.4 is 15.8 Å². The summed E-state index contributed by atoms with van der Waals surface area (Å²) < 4.78 is 29.4. The van der Waals surface area contributed by atoms with Crippen LogP contribution in [0.2, 0.25) is 0 Å². The molecule has 0 spiro atoms. The zero-order chi connectivity index (χ0) is 14.5. The number of para-hydroxylation sites is 1. The summed E-state index contributed by atoms with van der Waals surface area (Å²) in [5, 5.41) is 3.49. The van der Waals surface area contributed by atoms with E-state index in [1.807, 2.05) is 19.1 Å². The summed E-state index contributed by atoms with van der Waals surface area (Å²) in [5.41, 5.74) is 6.65. The fraction of sp³-hybridized carbons (Fsp3) is 0.600. The number of benzene rings is 1. The van der Waals surface area contributed by atoms with E-state index in [2.05, 4.69) is 10.1 Å². The molecule has 0 amide bonds. The second kappa shape index (κ2) is 6.99. The molecule has 1 aliphatic rings. The normalized spacial score (nSPS) is 24.6. The van der Waals surface area contributed by atoms with Gasteiger partial charge in [0.2, 0.25) is 0 Å². The zero-order valence-corrected chi connectivity index (χ0v) is 11.7. The highest BCUT2D eigenvalue weighted by Gasteiger charge is 2.22. The lowest BCUT2D eigenvalue weighted by molar-refractivity contribution is -0.0507. The van der Waals surface area contributed by atoms with Crippen LogP contribution in [0.4, 0.5) is 8.78 Å². The monoisotopic (exact) mass is 284 g/mol. The maximum Gasteiger partial charge on any atom is 0.387 e. The molecule has 3 N–H and O–H groups in total. The molecule has 1 aromatic carbocycles. The van der Waals surface area contributed by atoms with E-state index in [0.717, 1.165) is 31.2 Å². The Labute approximate surface area is 118 Å². The first-order valence-corrected chi connectivity index (χ1v) is 7.11. The number of alkyl halides is 2.